The fourth-order valence-corrected chi connectivity index (χ4v) is 3.67. The maximum absolute atomic E-state index is 12.5. The van der Waals surface area contributed by atoms with E-state index in [2.05, 4.69) is 20.7 Å². The summed E-state index contributed by atoms with van der Waals surface area (Å²) in [4.78, 5) is 26.4. The number of amides is 2. The normalized spacial score (nSPS) is 15.0. The van der Waals surface area contributed by atoms with Gasteiger partial charge in [0, 0.05) is 23.8 Å². The molecule has 1 aliphatic rings. The highest BCUT2D eigenvalue weighted by molar-refractivity contribution is 6.39. The van der Waals surface area contributed by atoms with Gasteiger partial charge in [-0.05, 0) is 61.1 Å². The molecule has 1 aliphatic heterocycles. The lowest BCUT2D eigenvalue weighted by Gasteiger charge is -2.31. The molecule has 0 aliphatic carbocycles. The van der Waals surface area contributed by atoms with E-state index in [4.69, 9.17) is 11.6 Å². The molecule has 8 heteroatoms. The molecule has 144 valence electrons. The summed E-state index contributed by atoms with van der Waals surface area (Å²) in [6.07, 6.45) is 2.72. The molecule has 0 saturated carbocycles. The van der Waals surface area contributed by atoms with Gasteiger partial charge >= 0.3 is 11.8 Å². The number of aromatic amines is 1. The molecule has 7 nitrogen and oxygen atoms in total. The Bertz CT molecular complexity index is 993. The van der Waals surface area contributed by atoms with Crippen LogP contribution in [0.25, 0.3) is 11.0 Å². The topological polar surface area (TPSA) is 91.0 Å². The monoisotopic (exact) mass is 397 g/mol. The number of halogens is 1. The van der Waals surface area contributed by atoms with Gasteiger partial charge in [0.2, 0.25) is 0 Å². The highest BCUT2D eigenvalue weighted by Crippen LogP contribution is 2.23. The lowest BCUT2D eigenvalue weighted by molar-refractivity contribution is -0.144. The summed E-state index contributed by atoms with van der Waals surface area (Å²) < 4.78 is 0. The number of aromatic nitrogens is 3. The first kappa shape index (κ1) is 18.4. The summed E-state index contributed by atoms with van der Waals surface area (Å²) in [5.41, 5.74) is 3.10. The van der Waals surface area contributed by atoms with Crippen LogP contribution in [0.1, 0.15) is 18.4 Å². The summed E-state index contributed by atoms with van der Waals surface area (Å²) in [5, 5.41) is 13.8. The van der Waals surface area contributed by atoms with Gasteiger partial charge in [-0.2, -0.15) is 15.4 Å². The van der Waals surface area contributed by atoms with Crippen molar-refractivity contribution in [3.8, 4) is 0 Å². The number of likely N-dealkylation sites (tertiary alicyclic amines) is 1. The Morgan fingerprint density at radius 3 is 2.54 bits per heavy atom. The summed E-state index contributed by atoms with van der Waals surface area (Å²) in [6, 6.07) is 13.0. The molecule has 1 saturated heterocycles. The van der Waals surface area contributed by atoms with E-state index >= 15 is 0 Å². The van der Waals surface area contributed by atoms with Crippen molar-refractivity contribution in [1.82, 2.24) is 20.3 Å². The lowest BCUT2D eigenvalue weighted by Crippen LogP contribution is -2.44. The molecular weight excluding hydrogens is 378 g/mol. The molecule has 1 aromatic heterocycles. The zero-order chi connectivity index (χ0) is 19.5. The second kappa shape index (κ2) is 7.98. The van der Waals surface area contributed by atoms with Gasteiger partial charge in [0.05, 0.1) is 0 Å². The van der Waals surface area contributed by atoms with Crippen LogP contribution >= 0.6 is 11.6 Å². The molecule has 0 spiro atoms. The van der Waals surface area contributed by atoms with Gasteiger partial charge < -0.3 is 10.2 Å². The Morgan fingerprint density at radius 2 is 1.79 bits per heavy atom. The SMILES string of the molecule is O=C(Nc1ccc2n[nH]nc2c1)C(=O)N1CCC(Cc2ccc(Cl)cc2)CC1. The minimum atomic E-state index is -0.626. The van der Waals surface area contributed by atoms with E-state index in [0.717, 1.165) is 24.3 Å². The smallest absolute Gasteiger partial charge is 0.313 e. The molecule has 3 aromatic rings. The fraction of sp³-hybridized carbons (Fsp3) is 0.300. The number of hydrogen-bond acceptors (Lipinski definition) is 4. The number of carbonyl (C=O) groups is 2. The second-order valence-electron chi connectivity index (χ2n) is 7.05. The van der Waals surface area contributed by atoms with Crippen molar-refractivity contribution in [3.05, 3.63) is 53.1 Å². The molecule has 0 bridgehead atoms. The van der Waals surface area contributed by atoms with Crippen LogP contribution in [0.5, 0.6) is 0 Å². The zero-order valence-corrected chi connectivity index (χ0v) is 15.9. The highest BCUT2D eigenvalue weighted by Gasteiger charge is 2.27. The molecule has 0 radical (unpaired) electrons. The van der Waals surface area contributed by atoms with Crippen LogP contribution in [0.3, 0.4) is 0 Å². The third kappa shape index (κ3) is 4.14. The Kier molecular flexibility index (Phi) is 5.25. The number of anilines is 1. The molecular formula is C20H20ClN5O2. The van der Waals surface area contributed by atoms with Gasteiger partial charge in [-0.25, -0.2) is 0 Å². The molecule has 2 amide bonds. The third-order valence-corrected chi connectivity index (χ3v) is 5.36. The third-order valence-electron chi connectivity index (χ3n) is 5.11. The molecule has 1 fully saturated rings. The van der Waals surface area contributed by atoms with Gasteiger partial charge in [0.1, 0.15) is 11.0 Å². The van der Waals surface area contributed by atoms with Crippen LogP contribution in [0.15, 0.2) is 42.5 Å². The summed E-state index contributed by atoms with van der Waals surface area (Å²) >= 11 is 5.93. The van der Waals surface area contributed by atoms with Gasteiger partial charge in [0.25, 0.3) is 0 Å². The molecule has 28 heavy (non-hydrogen) atoms. The maximum atomic E-state index is 12.5. The lowest BCUT2D eigenvalue weighted by atomic mass is 9.90. The van der Waals surface area contributed by atoms with E-state index in [1.165, 1.54) is 5.56 Å². The fourth-order valence-electron chi connectivity index (χ4n) is 3.54. The van der Waals surface area contributed by atoms with Gasteiger partial charge in [-0.3, -0.25) is 9.59 Å². The number of fused-ring (bicyclic) bond motifs is 1. The molecule has 4 rings (SSSR count). The first-order valence-corrected chi connectivity index (χ1v) is 9.61. The highest BCUT2D eigenvalue weighted by atomic mass is 35.5. The predicted octanol–water partition coefficient (Wildman–Crippen LogP) is 3.03. The van der Waals surface area contributed by atoms with Crippen molar-refractivity contribution >= 4 is 40.1 Å². The van der Waals surface area contributed by atoms with E-state index in [1.807, 2.05) is 24.3 Å². The van der Waals surface area contributed by atoms with E-state index in [1.54, 1.807) is 23.1 Å². The standard InChI is InChI=1S/C20H20ClN5O2/c21-15-3-1-13(2-4-15)11-14-7-9-26(10-8-14)20(28)19(27)22-16-5-6-17-18(12-16)24-25-23-17/h1-6,12,14H,7-11H2,(H,22,27)(H,23,24,25). The number of nitrogens with one attached hydrogen (secondary N) is 2. The van der Waals surface area contributed by atoms with E-state index in [0.29, 0.717) is 35.7 Å². The molecule has 0 atom stereocenters. The summed E-state index contributed by atoms with van der Waals surface area (Å²) in [5.74, 6) is -0.618. The van der Waals surface area contributed by atoms with Crippen LogP contribution in [0.2, 0.25) is 5.02 Å². The van der Waals surface area contributed by atoms with Crippen LogP contribution in [0, 0.1) is 5.92 Å². The first-order chi connectivity index (χ1) is 13.6. The Morgan fingerprint density at radius 1 is 1.07 bits per heavy atom. The Labute approximate surface area is 167 Å². The second-order valence-corrected chi connectivity index (χ2v) is 7.48. The number of benzene rings is 2. The Balaban J connectivity index is 1.30. The van der Waals surface area contributed by atoms with Crippen molar-refractivity contribution in [1.29, 1.82) is 0 Å². The van der Waals surface area contributed by atoms with Crippen LogP contribution in [0.4, 0.5) is 5.69 Å². The number of rotatable bonds is 3. The minimum Gasteiger partial charge on any atom is -0.334 e. The molecule has 2 N–H and O–H groups in total. The average molecular weight is 398 g/mol. The number of nitrogens with zero attached hydrogens (tertiary/aromatic N) is 3. The van der Waals surface area contributed by atoms with Crippen molar-refractivity contribution in [2.24, 2.45) is 5.92 Å². The first-order valence-electron chi connectivity index (χ1n) is 9.24. The number of hydrogen-bond donors (Lipinski definition) is 2. The van der Waals surface area contributed by atoms with Gasteiger partial charge in [-0.1, -0.05) is 23.7 Å². The number of H-pyrrole nitrogens is 1. The van der Waals surface area contributed by atoms with Crippen LogP contribution in [-0.4, -0.2) is 45.2 Å². The minimum absolute atomic E-state index is 0.495. The quantitative estimate of drug-likeness (QED) is 0.664. The van der Waals surface area contributed by atoms with E-state index in [-0.39, 0.29) is 0 Å². The van der Waals surface area contributed by atoms with E-state index < -0.39 is 11.8 Å². The summed E-state index contributed by atoms with van der Waals surface area (Å²) in [7, 11) is 0. The van der Waals surface area contributed by atoms with E-state index in [9.17, 15) is 9.59 Å². The summed E-state index contributed by atoms with van der Waals surface area (Å²) in [6.45, 7) is 1.18. The maximum Gasteiger partial charge on any atom is 0.313 e. The zero-order valence-electron chi connectivity index (χ0n) is 15.2. The van der Waals surface area contributed by atoms with Crippen molar-refractivity contribution in [3.63, 3.8) is 0 Å². The van der Waals surface area contributed by atoms with Crippen molar-refractivity contribution in [2.45, 2.75) is 19.3 Å². The molecule has 0 unspecified atom stereocenters. The van der Waals surface area contributed by atoms with Gasteiger partial charge in [-0.15, -0.1) is 0 Å². The predicted molar refractivity (Wildman–Crippen MR) is 107 cm³/mol. The van der Waals surface area contributed by atoms with Gasteiger partial charge in [0.15, 0.2) is 0 Å². The largest absolute Gasteiger partial charge is 0.334 e. The van der Waals surface area contributed by atoms with Crippen LogP contribution in [-0.2, 0) is 16.0 Å². The average Bonchev–Trinajstić information content (AvgIpc) is 3.17. The van der Waals surface area contributed by atoms with Crippen molar-refractivity contribution < 1.29 is 9.59 Å². The number of carbonyl (C=O) groups excluding carboxylic acids is 2. The Hall–Kier alpha value is -2.93. The van der Waals surface area contributed by atoms with Crippen LogP contribution < -0.4 is 5.32 Å². The number of piperidine rings is 1. The molecule has 2 heterocycles. The molecule has 2 aromatic carbocycles. The van der Waals surface area contributed by atoms with Crippen molar-refractivity contribution in [2.75, 3.05) is 18.4 Å².